The van der Waals surface area contributed by atoms with Gasteiger partial charge in [-0.25, -0.2) is 22.7 Å². The Kier molecular flexibility index (Phi) is 5.36. The third-order valence-electron chi connectivity index (χ3n) is 5.12. The monoisotopic (exact) mass is 353 g/mol. The molecule has 24 heavy (non-hydrogen) atoms. The predicted octanol–water partition coefficient (Wildman–Crippen LogP) is 0.721. The fourth-order valence-corrected chi connectivity index (χ4v) is 5.07. The van der Waals surface area contributed by atoms with Crippen LogP contribution < -0.4 is 4.90 Å². The van der Waals surface area contributed by atoms with Gasteiger partial charge in [-0.1, -0.05) is 0 Å². The van der Waals surface area contributed by atoms with Gasteiger partial charge in [-0.05, 0) is 26.2 Å². The molecule has 8 heteroatoms. The molecule has 0 bridgehead atoms. The van der Waals surface area contributed by atoms with E-state index in [9.17, 15) is 8.42 Å². The summed E-state index contributed by atoms with van der Waals surface area (Å²) in [4.78, 5) is 13.1. The molecule has 0 aromatic carbocycles. The van der Waals surface area contributed by atoms with Crippen molar-refractivity contribution in [2.24, 2.45) is 0 Å². The van der Waals surface area contributed by atoms with Crippen LogP contribution in [-0.4, -0.2) is 79.2 Å². The molecule has 2 aliphatic heterocycles. The van der Waals surface area contributed by atoms with Gasteiger partial charge >= 0.3 is 0 Å². The van der Waals surface area contributed by atoms with Crippen molar-refractivity contribution in [2.75, 3.05) is 50.4 Å². The molecule has 134 valence electrons. The largest absolute Gasteiger partial charge is 0.356 e. The van der Waals surface area contributed by atoms with Crippen molar-refractivity contribution < 1.29 is 8.42 Å². The Morgan fingerprint density at radius 1 is 1.21 bits per heavy atom. The molecular formula is C16H27N5O2S. The number of nitrogens with zero attached hydrogens (tertiary/aromatic N) is 5. The minimum absolute atomic E-state index is 0.318. The molecule has 0 unspecified atom stereocenters. The van der Waals surface area contributed by atoms with Gasteiger partial charge < -0.3 is 9.80 Å². The van der Waals surface area contributed by atoms with Gasteiger partial charge in [0.15, 0.2) is 0 Å². The topological polar surface area (TPSA) is 69.6 Å². The number of aryl methyl sites for hydroxylation is 1. The van der Waals surface area contributed by atoms with Gasteiger partial charge in [0.05, 0.1) is 5.75 Å². The van der Waals surface area contributed by atoms with E-state index in [1.54, 1.807) is 10.6 Å². The van der Waals surface area contributed by atoms with Crippen LogP contribution in [0.15, 0.2) is 12.4 Å². The zero-order chi connectivity index (χ0) is 17.2. The first kappa shape index (κ1) is 17.6. The average molecular weight is 353 g/mol. The molecule has 2 fully saturated rings. The number of piperidine rings is 1. The van der Waals surface area contributed by atoms with Crippen LogP contribution in [0.5, 0.6) is 0 Å². The molecule has 0 radical (unpaired) electrons. The van der Waals surface area contributed by atoms with Crippen LogP contribution in [0.4, 0.5) is 5.82 Å². The Balaban J connectivity index is 1.47. The summed E-state index contributed by atoms with van der Waals surface area (Å²) in [5.74, 6) is 1.29. The number of likely N-dealkylation sites (tertiary alicyclic amines) is 1. The van der Waals surface area contributed by atoms with Gasteiger partial charge in [-0.3, -0.25) is 0 Å². The number of aromatic nitrogens is 2. The van der Waals surface area contributed by atoms with E-state index in [0.717, 1.165) is 50.4 Å². The maximum Gasteiger partial charge on any atom is 0.214 e. The molecule has 2 aliphatic rings. The van der Waals surface area contributed by atoms with Gasteiger partial charge in [0.1, 0.15) is 12.1 Å². The normalized spacial score (nSPS) is 22.8. The zero-order valence-corrected chi connectivity index (χ0v) is 15.4. The van der Waals surface area contributed by atoms with Gasteiger partial charge in [-0.2, -0.15) is 0 Å². The van der Waals surface area contributed by atoms with E-state index in [1.165, 1.54) is 0 Å². The van der Waals surface area contributed by atoms with Crippen molar-refractivity contribution in [3.05, 3.63) is 18.1 Å². The third kappa shape index (κ3) is 4.04. The molecule has 0 saturated carbocycles. The van der Waals surface area contributed by atoms with Gasteiger partial charge in [0.25, 0.3) is 0 Å². The van der Waals surface area contributed by atoms with Crippen LogP contribution in [0.1, 0.15) is 25.0 Å². The Morgan fingerprint density at radius 2 is 1.96 bits per heavy atom. The maximum absolute atomic E-state index is 11.8. The fourth-order valence-electron chi connectivity index (χ4n) is 3.55. The van der Waals surface area contributed by atoms with Crippen molar-refractivity contribution >= 4 is 15.8 Å². The summed E-state index contributed by atoms with van der Waals surface area (Å²) < 4.78 is 25.3. The molecule has 3 rings (SSSR count). The highest BCUT2D eigenvalue weighted by Crippen LogP contribution is 2.21. The maximum atomic E-state index is 11.8. The van der Waals surface area contributed by atoms with E-state index in [-0.39, 0.29) is 0 Å². The molecule has 0 aliphatic carbocycles. The van der Waals surface area contributed by atoms with Gasteiger partial charge in [0, 0.05) is 57.6 Å². The minimum Gasteiger partial charge on any atom is -0.356 e. The molecule has 0 spiro atoms. The number of rotatable bonds is 5. The molecule has 1 aromatic rings. The van der Waals surface area contributed by atoms with Crippen molar-refractivity contribution in [3.63, 3.8) is 0 Å². The minimum atomic E-state index is -2.97. The zero-order valence-electron chi connectivity index (χ0n) is 14.6. The quantitative estimate of drug-likeness (QED) is 0.777. The lowest BCUT2D eigenvalue weighted by Crippen LogP contribution is -2.46. The van der Waals surface area contributed by atoms with Crippen molar-refractivity contribution in [1.82, 2.24) is 19.2 Å². The molecule has 0 atom stereocenters. The first-order valence-corrected chi connectivity index (χ1v) is 10.3. The lowest BCUT2D eigenvalue weighted by atomic mass is 10.0. The molecule has 0 amide bonds. The second kappa shape index (κ2) is 7.33. The van der Waals surface area contributed by atoms with E-state index in [2.05, 4.69) is 26.8 Å². The second-order valence-corrected chi connectivity index (χ2v) is 8.86. The first-order valence-electron chi connectivity index (χ1n) is 8.67. The van der Waals surface area contributed by atoms with Crippen LogP contribution in [-0.2, 0) is 10.0 Å². The second-order valence-electron chi connectivity index (χ2n) is 6.77. The lowest BCUT2D eigenvalue weighted by molar-refractivity contribution is 0.199. The van der Waals surface area contributed by atoms with Crippen LogP contribution >= 0.6 is 0 Å². The van der Waals surface area contributed by atoms with E-state index >= 15 is 0 Å². The molecule has 0 N–H and O–H groups in total. The first-order chi connectivity index (χ1) is 11.5. The smallest absolute Gasteiger partial charge is 0.214 e. The summed E-state index contributed by atoms with van der Waals surface area (Å²) >= 11 is 0. The highest BCUT2D eigenvalue weighted by molar-refractivity contribution is 7.89. The van der Waals surface area contributed by atoms with Crippen LogP contribution in [0.25, 0.3) is 0 Å². The standard InChI is InChI=1S/C16H27N5O2S/c1-14-12-16(18-13-17-14)19(2)15-4-7-20(8-5-15)9-10-21-6-3-11-24(21,22)23/h12-13,15H,3-11H2,1-2H3. The number of anilines is 1. The van der Waals surface area contributed by atoms with Crippen LogP contribution in [0.2, 0.25) is 0 Å². The van der Waals surface area contributed by atoms with E-state index < -0.39 is 10.0 Å². The third-order valence-corrected chi connectivity index (χ3v) is 7.08. The van der Waals surface area contributed by atoms with E-state index in [4.69, 9.17) is 0 Å². The highest BCUT2D eigenvalue weighted by atomic mass is 32.2. The van der Waals surface area contributed by atoms with Gasteiger partial charge in [-0.15, -0.1) is 0 Å². The number of sulfonamides is 1. The summed E-state index contributed by atoms with van der Waals surface area (Å²) in [5.41, 5.74) is 0.983. The number of hydrogen-bond donors (Lipinski definition) is 0. The predicted molar refractivity (Wildman–Crippen MR) is 94.6 cm³/mol. The van der Waals surface area contributed by atoms with Gasteiger partial charge in [0.2, 0.25) is 10.0 Å². The molecular weight excluding hydrogens is 326 g/mol. The fraction of sp³-hybridized carbons (Fsp3) is 0.750. The van der Waals surface area contributed by atoms with Crippen molar-refractivity contribution in [3.8, 4) is 0 Å². The summed E-state index contributed by atoms with van der Waals surface area (Å²) in [7, 11) is -0.872. The van der Waals surface area contributed by atoms with Crippen LogP contribution in [0, 0.1) is 6.92 Å². The Labute approximate surface area is 144 Å². The Hall–Kier alpha value is -1.25. The average Bonchev–Trinajstić information content (AvgIpc) is 2.91. The number of hydrogen-bond acceptors (Lipinski definition) is 6. The molecule has 1 aromatic heterocycles. The summed E-state index contributed by atoms with van der Waals surface area (Å²) in [6.07, 6.45) is 4.54. The molecule has 7 nitrogen and oxygen atoms in total. The van der Waals surface area contributed by atoms with E-state index in [1.807, 2.05) is 13.0 Å². The van der Waals surface area contributed by atoms with Crippen molar-refractivity contribution in [1.29, 1.82) is 0 Å². The van der Waals surface area contributed by atoms with Crippen molar-refractivity contribution in [2.45, 2.75) is 32.2 Å². The molecule has 3 heterocycles. The molecule has 2 saturated heterocycles. The van der Waals surface area contributed by atoms with E-state index in [0.29, 0.717) is 24.9 Å². The summed E-state index contributed by atoms with van der Waals surface area (Å²) in [6, 6.07) is 2.50. The lowest BCUT2D eigenvalue weighted by Gasteiger charge is -2.37. The Bertz CT molecular complexity index is 658. The highest BCUT2D eigenvalue weighted by Gasteiger charge is 2.29. The summed E-state index contributed by atoms with van der Waals surface area (Å²) in [5, 5.41) is 0. The van der Waals surface area contributed by atoms with Crippen LogP contribution in [0.3, 0.4) is 0 Å². The SMILES string of the molecule is Cc1cc(N(C)C2CCN(CCN3CCCS3(=O)=O)CC2)ncn1. The Morgan fingerprint density at radius 3 is 2.58 bits per heavy atom. The summed E-state index contributed by atoms with van der Waals surface area (Å²) in [6.45, 7) is 6.15.